The van der Waals surface area contributed by atoms with Crippen LogP contribution in [0, 0.1) is 0 Å². The summed E-state index contributed by atoms with van der Waals surface area (Å²) in [5.41, 5.74) is 6.84. The molecule has 0 fully saturated rings. The van der Waals surface area contributed by atoms with Crippen LogP contribution in [0.1, 0.15) is 0 Å². The molecule has 0 amide bonds. The van der Waals surface area contributed by atoms with Crippen LogP contribution in [0.25, 0.3) is 21.5 Å². The molecule has 0 aliphatic rings. The predicted octanol–water partition coefficient (Wildman–Crippen LogP) is 4.23. The lowest BCUT2D eigenvalue weighted by Crippen LogP contribution is -1.88. The second kappa shape index (κ2) is 3.39. The Hall–Kier alpha value is -1.73. The van der Waals surface area contributed by atoms with Gasteiger partial charge in [-0.15, -0.1) is 0 Å². The van der Waals surface area contributed by atoms with Gasteiger partial charge in [-0.05, 0) is 34.4 Å². The van der Waals surface area contributed by atoms with E-state index in [1.807, 2.05) is 42.5 Å². The van der Waals surface area contributed by atoms with Gasteiger partial charge in [0.2, 0.25) is 0 Å². The molecule has 0 radical (unpaired) electrons. The van der Waals surface area contributed by atoms with Crippen molar-refractivity contribution in [2.24, 2.45) is 0 Å². The van der Waals surface area contributed by atoms with Gasteiger partial charge in [0, 0.05) is 16.1 Å². The zero-order valence-electron chi connectivity index (χ0n) is 8.57. The van der Waals surface area contributed by atoms with Crippen molar-refractivity contribution >= 4 is 38.8 Å². The third-order valence-electron chi connectivity index (χ3n) is 2.85. The molecular formula is C14H10ClN. The number of hydrogen-bond donors (Lipinski definition) is 1. The molecule has 0 saturated heterocycles. The van der Waals surface area contributed by atoms with E-state index in [1.165, 1.54) is 0 Å². The van der Waals surface area contributed by atoms with Gasteiger partial charge in [-0.25, -0.2) is 0 Å². The molecule has 0 heterocycles. The Balaban J connectivity index is 2.61. The summed E-state index contributed by atoms with van der Waals surface area (Å²) in [6.45, 7) is 0. The quantitative estimate of drug-likeness (QED) is 0.451. The van der Waals surface area contributed by atoms with Gasteiger partial charge in [-0.3, -0.25) is 0 Å². The Morgan fingerprint density at radius 1 is 0.812 bits per heavy atom. The number of rotatable bonds is 0. The molecule has 16 heavy (non-hydrogen) atoms. The normalized spacial score (nSPS) is 11.1. The Bertz CT molecular complexity index is 689. The van der Waals surface area contributed by atoms with Crippen LogP contribution in [0.5, 0.6) is 0 Å². The smallest absolute Gasteiger partial charge is 0.0412 e. The van der Waals surface area contributed by atoms with Crippen LogP contribution >= 0.6 is 11.6 Å². The molecule has 2 N–H and O–H groups in total. The Morgan fingerprint density at radius 2 is 1.56 bits per heavy atom. The highest BCUT2D eigenvalue weighted by atomic mass is 35.5. The average Bonchev–Trinajstić information content (AvgIpc) is 2.31. The lowest BCUT2D eigenvalue weighted by atomic mass is 10.0. The Morgan fingerprint density at radius 3 is 2.38 bits per heavy atom. The van der Waals surface area contributed by atoms with Gasteiger partial charge >= 0.3 is 0 Å². The molecular weight excluding hydrogens is 218 g/mol. The SMILES string of the molecule is Nc1cc2ccc(Cl)cc2c2ccccc12. The number of halogens is 1. The summed E-state index contributed by atoms with van der Waals surface area (Å²) in [7, 11) is 0. The van der Waals surface area contributed by atoms with Gasteiger partial charge < -0.3 is 5.73 Å². The van der Waals surface area contributed by atoms with E-state index >= 15 is 0 Å². The zero-order valence-corrected chi connectivity index (χ0v) is 9.33. The highest BCUT2D eigenvalue weighted by Gasteiger charge is 2.03. The molecule has 0 aromatic heterocycles. The van der Waals surface area contributed by atoms with E-state index in [9.17, 15) is 0 Å². The topological polar surface area (TPSA) is 26.0 Å². The average molecular weight is 228 g/mol. The maximum Gasteiger partial charge on any atom is 0.0412 e. The molecule has 3 aromatic rings. The second-order valence-corrected chi connectivity index (χ2v) is 4.31. The van der Waals surface area contributed by atoms with E-state index in [0.717, 1.165) is 32.3 Å². The minimum absolute atomic E-state index is 0.752. The van der Waals surface area contributed by atoms with Gasteiger partial charge in [0.25, 0.3) is 0 Å². The minimum Gasteiger partial charge on any atom is -0.398 e. The second-order valence-electron chi connectivity index (χ2n) is 3.88. The molecule has 0 bridgehead atoms. The fourth-order valence-corrected chi connectivity index (χ4v) is 2.27. The summed E-state index contributed by atoms with van der Waals surface area (Å²) in [6.07, 6.45) is 0. The number of hydrogen-bond acceptors (Lipinski definition) is 1. The summed E-state index contributed by atoms with van der Waals surface area (Å²) in [5, 5.41) is 5.26. The fourth-order valence-electron chi connectivity index (χ4n) is 2.10. The highest BCUT2D eigenvalue weighted by molar-refractivity contribution is 6.32. The monoisotopic (exact) mass is 227 g/mol. The van der Waals surface area contributed by atoms with Crippen LogP contribution in [0.3, 0.4) is 0 Å². The Kier molecular flexibility index (Phi) is 2.01. The van der Waals surface area contributed by atoms with Crippen molar-refractivity contribution < 1.29 is 0 Å². The molecule has 0 spiro atoms. The van der Waals surface area contributed by atoms with E-state index in [2.05, 4.69) is 6.07 Å². The first-order chi connectivity index (χ1) is 7.75. The van der Waals surface area contributed by atoms with E-state index in [1.54, 1.807) is 0 Å². The van der Waals surface area contributed by atoms with Crippen LogP contribution in [-0.4, -0.2) is 0 Å². The van der Waals surface area contributed by atoms with Crippen LogP contribution in [0.4, 0.5) is 5.69 Å². The number of nitrogens with two attached hydrogens (primary N) is 1. The molecule has 3 aromatic carbocycles. The molecule has 78 valence electrons. The van der Waals surface area contributed by atoms with Gasteiger partial charge in [-0.1, -0.05) is 41.9 Å². The van der Waals surface area contributed by atoms with Crippen molar-refractivity contribution in [1.29, 1.82) is 0 Å². The number of fused-ring (bicyclic) bond motifs is 3. The molecule has 0 aliphatic heterocycles. The van der Waals surface area contributed by atoms with Gasteiger partial charge in [0.1, 0.15) is 0 Å². The number of nitrogen functional groups attached to an aromatic ring is 1. The molecule has 0 saturated carbocycles. The van der Waals surface area contributed by atoms with E-state index < -0.39 is 0 Å². The van der Waals surface area contributed by atoms with Crippen molar-refractivity contribution in [2.45, 2.75) is 0 Å². The van der Waals surface area contributed by atoms with Crippen LogP contribution < -0.4 is 5.73 Å². The van der Waals surface area contributed by atoms with Crippen LogP contribution in [0.2, 0.25) is 5.02 Å². The lowest BCUT2D eigenvalue weighted by molar-refractivity contribution is 1.75. The Labute approximate surface area is 98.4 Å². The van der Waals surface area contributed by atoms with Crippen molar-refractivity contribution in [3.05, 3.63) is 53.6 Å². The first-order valence-corrected chi connectivity index (χ1v) is 5.50. The van der Waals surface area contributed by atoms with E-state index in [-0.39, 0.29) is 0 Å². The largest absolute Gasteiger partial charge is 0.398 e. The molecule has 0 aliphatic carbocycles. The van der Waals surface area contributed by atoms with Crippen molar-refractivity contribution in [3.8, 4) is 0 Å². The van der Waals surface area contributed by atoms with Crippen LogP contribution in [-0.2, 0) is 0 Å². The molecule has 0 atom stereocenters. The van der Waals surface area contributed by atoms with Gasteiger partial charge in [0.05, 0.1) is 0 Å². The van der Waals surface area contributed by atoms with Gasteiger partial charge in [-0.2, -0.15) is 0 Å². The van der Waals surface area contributed by atoms with Crippen molar-refractivity contribution in [3.63, 3.8) is 0 Å². The summed E-state index contributed by atoms with van der Waals surface area (Å²) in [6, 6.07) is 16.0. The molecule has 3 rings (SSSR count). The van der Waals surface area contributed by atoms with Crippen molar-refractivity contribution in [2.75, 3.05) is 5.73 Å². The molecule has 1 nitrogen and oxygen atoms in total. The van der Waals surface area contributed by atoms with Crippen LogP contribution in [0.15, 0.2) is 48.5 Å². The van der Waals surface area contributed by atoms with Gasteiger partial charge in [0.15, 0.2) is 0 Å². The molecule has 0 unspecified atom stereocenters. The van der Waals surface area contributed by atoms with E-state index in [4.69, 9.17) is 17.3 Å². The summed E-state index contributed by atoms with van der Waals surface area (Å²) in [4.78, 5) is 0. The summed E-state index contributed by atoms with van der Waals surface area (Å²) < 4.78 is 0. The van der Waals surface area contributed by atoms with E-state index in [0.29, 0.717) is 0 Å². The maximum atomic E-state index is 6.03. The number of benzene rings is 3. The van der Waals surface area contributed by atoms with Crippen molar-refractivity contribution in [1.82, 2.24) is 0 Å². The predicted molar refractivity (Wildman–Crippen MR) is 70.9 cm³/mol. The first kappa shape index (κ1) is 9.49. The zero-order chi connectivity index (χ0) is 11.1. The number of anilines is 1. The maximum absolute atomic E-state index is 6.03. The third-order valence-corrected chi connectivity index (χ3v) is 3.09. The molecule has 2 heteroatoms. The third kappa shape index (κ3) is 1.33. The highest BCUT2D eigenvalue weighted by Crippen LogP contribution is 2.31. The summed E-state index contributed by atoms with van der Waals surface area (Å²) >= 11 is 6.03. The lowest BCUT2D eigenvalue weighted by Gasteiger charge is -2.07. The first-order valence-electron chi connectivity index (χ1n) is 5.12. The fraction of sp³-hybridized carbons (Fsp3) is 0. The summed E-state index contributed by atoms with van der Waals surface area (Å²) in [5.74, 6) is 0. The minimum atomic E-state index is 0.752. The standard InChI is InChI=1S/C14H10ClN/c15-10-6-5-9-7-14(16)12-4-2-1-3-11(12)13(9)8-10/h1-8H,16H2.